The Labute approximate surface area is 196 Å². The van der Waals surface area contributed by atoms with Crippen molar-refractivity contribution in [3.05, 3.63) is 95.4 Å². The van der Waals surface area contributed by atoms with Gasteiger partial charge in [-0.1, -0.05) is 30.3 Å². The molecule has 0 saturated carbocycles. The maximum atomic E-state index is 13.0. The quantitative estimate of drug-likeness (QED) is 0.445. The lowest BCUT2D eigenvalue weighted by Crippen LogP contribution is -2.23. The molecule has 34 heavy (non-hydrogen) atoms. The number of aryl methyl sites for hydroxylation is 1. The molecule has 1 N–H and O–H groups in total. The lowest BCUT2D eigenvalue weighted by Gasteiger charge is -2.13. The fourth-order valence-electron chi connectivity index (χ4n) is 3.84. The molecule has 8 nitrogen and oxygen atoms in total. The van der Waals surface area contributed by atoms with Crippen LogP contribution in [0.15, 0.2) is 73.1 Å². The van der Waals surface area contributed by atoms with E-state index in [2.05, 4.69) is 10.3 Å². The van der Waals surface area contributed by atoms with Gasteiger partial charge in [0, 0.05) is 24.6 Å². The highest BCUT2D eigenvalue weighted by molar-refractivity contribution is 6.06. The van der Waals surface area contributed by atoms with Crippen molar-refractivity contribution in [1.29, 1.82) is 0 Å². The van der Waals surface area contributed by atoms with Crippen molar-refractivity contribution < 1.29 is 19.1 Å². The molecule has 3 heterocycles. The van der Waals surface area contributed by atoms with Crippen molar-refractivity contribution in [3.63, 3.8) is 0 Å². The van der Waals surface area contributed by atoms with Gasteiger partial charge in [0.2, 0.25) is 0 Å². The van der Waals surface area contributed by atoms with E-state index in [1.54, 1.807) is 23.1 Å². The van der Waals surface area contributed by atoms with Gasteiger partial charge in [0.15, 0.2) is 0 Å². The number of para-hydroxylation sites is 1. The highest BCUT2D eigenvalue weighted by atomic mass is 16.6. The number of fused-ring (bicyclic) bond motifs is 1. The van der Waals surface area contributed by atoms with Crippen LogP contribution in [0, 0.1) is 6.92 Å². The van der Waals surface area contributed by atoms with Crippen LogP contribution in [0.25, 0.3) is 5.65 Å². The minimum Gasteiger partial charge on any atom is -0.486 e. The molecule has 0 aliphatic carbocycles. The van der Waals surface area contributed by atoms with Crippen molar-refractivity contribution in [3.8, 4) is 5.75 Å². The Morgan fingerprint density at radius 2 is 1.91 bits per heavy atom. The first-order valence-corrected chi connectivity index (χ1v) is 11.0. The van der Waals surface area contributed by atoms with E-state index in [0.717, 1.165) is 22.5 Å². The van der Waals surface area contributed by atoms with Crippen LogP contribution < -0.4 is 10.1 Å². The minimum atomic E-state index is -0.298. The number of nitrogens with one attached hydrogen (secondary N) is 1. The van der Waals surface area contributed by atoms with E-state index in [1.807, 2.05) is 66.2 Å². The molecule has 0 radical (unpaired) electrons. The highest BCUT2D eigenvalue weighted by Gasteiger charge is 2.21. The molecule has 1 fully saturated rings. The Bertz CT molecular complexity index is 1350. The molecular weight excluding hydrogens is 432 g/mol. The van der Waals surface area contributed by atoms with Crippen LogP contribution in [0.1, 0.15) is 27.2 Å². The summed E-state index contributed by atoms with van der Waals surface area (Å²) in [6.45, 7) is 3.76. The first-order valence-electron chi connectivity index (χ1n) is 11.0. The number of pyridine rings is 1. The molecule has 5 rings (SSSR count). The molecule has 0 atom stereocenters. The Hall–Kier alpha value is -4.33. The van der Waals surface area contributed by atoms with E-state index in [0.29, 0.717) is 36.7 Å². The lowest BCUT2D eigenvalue weighted by atomic mass is 10.1. The van der Waals surface area contributed by atoms with Gasteiger partial charge < -0.3 is 24.1 Å². The second-order valence-electron chi connectivity index (χ2n) is 8.18. The monoisotopic (exact) mass is 456 g/mol. The number of anilines is 1. The molecule has 2 aromatic carbocycles. The molecule has 4 aromatic rings. The summed E-state index contributed by atoms with van der Waals surface area (Å²) in [5.74, 6) is 0.217. The van der Waals surface area contributed by atoms with Crippen LogP contribution in [0.4, 0.5) is 10.5 Å². The smallest absolute Gasteiger partial charge is 0.410 e. The number of aromatic nitrogens is 2. The first-order chi connectivity index (χ1) is 16.5. The summed E-state index contributed by atoms with van der Waals surface area (Å²) in [6, 6.07) is 18.5. The summed E-state index contributed by atoms with van der Waals surface area (Å²) in [5.41, 5.74) is 4.82. The maximum absolute atomic E-state index is 13.0. The second-order valence-corrected chi connectivity index (χ2v) is 8.18. The van der Waals surface area contributed by atoms with Crippen molar-refractivity contribution >= 4 is 23.3 Å². The fraction of sp³-hybridized carbons (Fsp3) is 0.192. The van der Waals surface area contributed by atoms with Gasteiger partial charge in [-0.15, -0.1) is 0 Å². The SMILES string of the molecule is Cc1ccc2nc(COc3ccccc3C(=O)Nc3ccc(CN4CCOC4=O)cc3)cn2c1. The van der Waals surface area contributed by atoms with Crippen LogP contribution in [0.2, 0.25) is 0 Å². The molecule has 8 heteroatoms. The van der Waals surface area contributed by atoms with Crippen LogP contribution in [-0.4, -0.2) is 39.4 Å². The molecule has 0 spiro atoms. The van der Waals surface area contributed by atoms with E-state index in [1.165, 1.54) is 0 Å². The molecule has 1 saturated heterocycles. The second kappa shape index (κ2) is 9.27. The molecule has 1 aliphatic heterocycles. The third kappa shape index (κ3) is 4.71. The zero-order valence-electron chi connectivity index (χ0n) is 18.7. The number of cyclic esters (lactones) is 1. The van der Waals surface area contributed by atoms with Crippen LogP contribution >= 0.6 is 0 Å². The molecule has 2 amide bonds. The van der Waals surface area contributed by atoms with Crippen LogP contribution in [0.3, 0.4) is 0 Å². The molecule has 172 valence electrons. The molecule has 0 bridgehead atoms. The topological polar surface area (TPSA) is 85.2 Å². The number of ether oxygens (including phenoxy) is 2. The van der Waals surface area contributed by atoms with Gasteiger partial charge in [0.25, 0.3) is 5.91 Å². The summed E-state index contributed by atoms with van der Waals surface area (Å²) in [4.78, 5) is 30.8. The normalized spacial score (nSPS) is 13.2. The van der Waals surface area contributed by atoms with Gasteiger partial charge in [-0.05, 0) is 48.4 Å². The maximum Gasteiger partial charge on any atom is 0.410 e. The van der Waals surface area contributed by atoms with Gasteiger partial charge in [-0.25, -0.2) is 9.78 Å². The summed E-state index contributed by atoms with van der Waals surface area (Å²) in [6.07, 6.45) is 3.64. The van der Waals surface area contributed by atoms with Gasteiger partial charge in [-0.3, -0.25) is 4.79 Å². The number of carbonyl (C=O) groups excluding carboxylic acids is 2. The Morgan fingerprint density at radius 3 is 2.71 bits per heavy atom. The average molecular weight is 457 g/mol. The number of imidazole rings is 1. The van der Waals surface area contributed by atoms with E-state index in [9.17, 15) is 9.59 Å². The minimum absolute atomic E-state index is 0.249. The van der Waals surface area contributed by atoms with Gasteiger partial charge >= 0.3 is 6.09 Å². The zero-order chi connectivity index (χ0) is 23.5. The summed E-state index contributed by atoms with van der Waals surface area (Å²) >= 11 is 0. The van der Waals surface area contributed by atoms with Gasteiger partial charge in [-0.2, -0.15) is 0 Å². The van der Waals surface area contributed by atoms with Crippen molar-refractivity contribution in [2.75, 3.05) is 18.5 Å². The number of amides is 2. The highest BCUT2D eigenvalue weighted by Crippen LogP contribution is 2.22. The summed E-state index contributed by atoms with van der Waals surface area (Å²) in [7, 11) is 0. The average Bonchev–Trinajstić information content (AvgIpc) is 3.44. The standard InChI is InChI=1S/C26H24N4O4/c1-18-6-11-24-27-21(16-30(24)14-18)17-34-23-5-3-2-4-22(23)25(31)28-20-9-7-19(8-10-20)15-29-12-13-33-26(29)32/h2-11,14,16H,12-13,15,17H2,1H3,(H,28,31). The molecular formula is C26H24N4O4. The van der Waals surface area contributed by atoms with E-state index < -0.39 is 0 Å². The summed E-state index contributed by atoms with van der Waals surface area (Å²) < 4.78 is 12.9. The largest absolute Gasteiger partial charge is 0.486 e. The van der Waals surface area contributed by atoms with Crippen molar-refractivity contribution in [2.24, 2.45) is 0 Å². The Morgan fingerprint density at radius 1 is 1.09 bits per heavy atom. The first kappa shape index (κ1) is 21.5. The number of nitrogens with zero attached hydrogens (tertiary/aromatic N) is 3. The van der Waals surface area contributed by atoms with Gasteiger partial charge in [0.1, 0.15) is 24.6 Å². The van der Waals surface area contributed by atoms with E-state index in [4.69, 9.17) is 9.47 Å². The Kier molecular flexibility index (Phi) is 5.86. The predicted molar refractivity (Wildman–Crippen MR) is 127 cm³/mol. The summed E-state index contributed by atoms with van der Waals surface area (Å²) in [5, 5.41) is 2.91. The molecule has 1 aliphatic rings. The van der Waals surface area contributed by atoms with E-state index in [-0.39, 0.29) is 18.6 Å². The third-order valence-electron chi connectivity index (χ3n) is 5.59. The number of benzene rings is 2. The Balaban J connectivity index is 1.24. The number of hydrogen-bond acceptors (Lipinski definition) is 5. The van der Waals surface area contributed by atoms with Gasteiger partial charge in [0.05, 0.1) is 17.8 Å². The predicted octanol–water partition coefficient (Wildman–Crippen LogP) is 4.43. The number of rotatable bonds is 7. The number of carbonyl (C=O) groups is 2. The third-order valence-corrected chi connectivity index (χ3v) is 5.59. The zero-order valence-corrected chi connectivity index (χ0v) is 18.7. The van der Waals surface area contributed by atoms with Crippen LogP contribution in [-0.2, 0) is 17.9 Å². The molecule has 2 aromatic heterocycles. The molecule has 0 unspecified atom stereocenters. The van der Waals surface area contributed by atoms with Crippen molar-refractivity contribution in [2.45, 2.75) is 20.1 Å². The fourth-order valence-corrected chi connectivity index (χ4v) is 3.84. The van der Waals surface area contributed by atoms with Crippen molar-refractivity contribution in [1.82, 2.24) is 14.3 Å². The van der Waals surface area contributed by atoms with Crippen LogP contribution in [0.5, 0.6) is 5.75 Å². The number of hydrogen-bond donors (Lipinski definition) is 1. The lowest BCUT2D eigenvalue weighted by molar-refractivity contribution is 0.102. The van der Waals surface area contributed by atoms with E-state index >= 15 is 0 Å².